The molecule has 116 valence electrons. The minimum absolute atomic E-state index is 0.119. The maximum Gasteiger partial charge on any atom is 0.268 e. The van der Waals surface area contributed by atoms with Crippen molar-refractivity contribution in [1.29, 1.82) is 0 Å². The van der Waals surface area contributed by atoms with Gasteiger partial charge in [-0.15, -0.1) is 0 Å². The van der Waals surface area contributed by atoms with Crippen molar-refractivity contribution in [1.82, 2.24) is 0 Å². The van der Waals surface area contributed by atoms with Crippen LogP contribution < -0.4 is 10.1 Å². The molecule has 0 aliphatic heterocycles. The Balaban J connectivity index is 2.28. The number of carbonyl (C=O) groups is 1. The molecular formula is C17H27NO2P+. The highest BCUT2D eigenvalue weighted by Gasteiger charge is 2.58. The summed E-state index contributed by atoms with van der Waals surface area (Å²) in [4.78, 5) is 12.9. The fraction of sp³-hybridized carbons (Fsp3) is 0.588. The lowest BCUT2D eigenvalue weighted by atomic mass is 9.83. The standard InChI is InChI=1S/C17H26NO2P/c1-12-10-14(20-3)11-13(2)15(12)18-16(19)17(8-7-9-17)21(4,5)6/h10-11H,7-9H2,1-6H3/p+1. The van der Waals surface area contributed by atoms with Gasteiger partial charge in [0.1, 0.15) is 5.75 Å². The number of hydrogen-bond donors (Lipinski definition) is 1. The van der Waals surface area contributed by atoms with Crippen LogP contribution in [0.4, 0.5) is 5.69 Å². The molecule has 0 atom stereocenters. The number of aryl methyl sites for hydroxylation is 2. The zero-order valence-electron chi connectivity index (χ0n) is 14.0. The van der Waals surface area contributed by atoms with Crippen molar-refractivity contribution in [3.63, 3.8) is 0 Å². The first-order chi connectivity index (χ1) is 9.71. The van der Waals surface area contributed by atoms with Crippen LogP contribution in [-0.4, -0.2) is 38.2 Å². The zero-order valence-corrected chi connectivity index (χ0v) is 14.9. The van der Waals surface area contributed by atoms with E-state index in [9.17, 15) is 4.79 Å². The highest BCUT2D eigenvalue weighted by molar-refractivity contribution is 7.76. The Bertz CT molecular complexity index is 533. The van der Waals surface area contributed by atoms with E-state index in [2.05, 4.69) is 25.3 Å². The third-order valence-electron chi connectivity index (χ3n) is 4.87. The predicted octanol–water partition coefficient (Wildman–Crippen LogP) is 4.08. The average Bonchev–Trinajstić information content (AvgIpc) is 2.29. The van der Waals surface area contributed by atoms with Crippen LogP contribution in [-0.2, 0) is 4.79 Å². The van der Waals surface area contributed by atoms with Crippen LogP contribution in [0.3, 0.4) is 0 Å². The molecule has 21 heavy (non-hydrogen) atoms. The van der Waals surface area contributed by atoms with Gasteiger partial charge in [0, 0.05) is 32.9 Å². The van der Waals surface area contributed by atoms with E-state index in [0.717, 1.165) is 35.4 Å². The van der Waals surface area contributed by atoms with Crippen LogP contribution in [0.1, 0.15) is 30.4 Å². The highest BCUT2D eigenvalue weighted by atomic mass is 31.2. The Kier molecular flexibility index (Phi) is 4.35. The second-order valence-corrected chi connectivity index (χ2v) is 11.9. The molecule has 1 N–H and O–H groups in total. The first-order valence-electron chi connectivity index (χ1n) is 7.49. The number of amides is 1. The lowest BCUT2D eigenvalue weighted by Gasteiger charge is -2.44. The minimum Gasteiger partial charge on any atom is -0.497 e. The van der Waals surface area contributed by atoms with Gasteiger partial charge >= 0.3 is 0 Å². The molecule has 1 aliphatic carbocycles. The molecule has 4 heteroatoms. The molecule has 1 saturated carbocycles. The Morgan fingerprint density at radius 1 is 1.19 bits per heavy atom. The van der Waals surface area contributed by atoms with Crippen molar-refractivity contribution in [3.05, 3.63) is 23.3 Å². The van der Waals surface area contributed by atoms with Gasteiger partial charge in [-0.3, -0.25) is 4.79 Å². The number of hydrogen-bond acceptors (Lipinski definition) is 2. The molecule has 0 radical (unpaired) electrons. The van der Waals surface area contributed by atoms with Gasteiger partial charge in [-0.2, -0.15) is 0 Å². The zero-order chi connectivity index (χ0) is 15.8. The molecule has 2 rings (SSSR count). The molecule has 0 saturated heterocycles. The second kappa shape index (κ2) is 5.61. The van der Waals surface area contributed by atoms with Crippen molar-refractivity contribution >= 4 is 18.9 Å². The highest BCUT2D eigenvalue weighted by Crippen LogP contribution is 2.68. The fourth-order valence-electron chi connectivity index (χ4n) is 3.18. The van der Waals surface area contributed by atoms with Crippen molar-refractivity contribution < 1.29 is 9.53 Å². The summed E-state index contributed by atoms with van der Waals surface area (Å²) in [6, 6.07) is 3.95. The molecule has 1 amide bonds. The van der Waals surface area contributed by atoms with Gasteiger partial charge in [0.2, 0.25) is 0 Å². The summed E-state index contributed by atoms with van der Waals surface area (Å²) in [7, 11) is 0.440. The topological polar surface area (TPSA) is 38.3 Å². The van der Waals surface area contributed by atoms with Gasteiger partial charge < -0.3 is 10.1 Å². The van der Waals surface area contributed by atoms with E-state index in [-0.39, 0.29) is 11.1 Å². The number of anilines is 1. The summed E-state index contributed by atoms with van der Waals surface area (Å²) in [5.74, 6) is 1.05. The second-order valence-electron chi connectivity index (χ2n) is 6.99. The predicted molar refractivity (Wildman–Crippen MR) is 92.4 cm³/mol. The van der Waals surface area contributed by atoms with Crippen LogP contribution in [0.15, 0.2) is 12.1 Å². The molecular weight excluding hydrogens is 281 g/mol. The van der Waals surface area contributed by atoms with Crippen LogP contribution in [0, 0.1) is 13.8 Å². The lowest BCUT2D eigenvalue weighted by Crippen LogP contribution is -2.49. The Hall–Kier alpha value is -1.08. The summed E-state index contributed by atoms with van der Waals surface area (Å²) in [5.41, 5.74) is 3.06. The summed E-state index contributed by atoms with van der Waals surface area (Å²) in [5, 5.41) is 3.09. The quantitative estimate of drug-likeness (QED) is 0.851. The third kappa shape index (κ3) is 2.81. The van der Waals surface area contributed by atoms with Gasteiger partial charge in [0.25, 0.3) is 5.91 Å². The van der Waals surface area contributed by atoms with Crippen molar-refractivity contribution in [2.75, 3.05) is 32.4 Å². The molecule has 1 aromatic rings. The van der Waals surface area contributed by atoms with Gasteiger partial charge in [-0.1, -0.05) is 0 Å². The lowest BCUT2D eigenvalue weighted by molar-refractivity contribution is -0.120. The molecule has 0 unspecified atom stereocenters. The van der Waals surface area contributed by atoms with Crippen LogP contribution in [0.2, 0.25) is 0 Å². The monoisotopic (exact) mass is 308 g/mol. The molecule has 1 aliphatic rings. The van der Waals surface area contributed by atoms with Gasteiger partial charge in [-0.25, -0.2) is 0 Å². The van der Waals surface area contributed by atoms with Crippen molar-refractivity contribution in [3.8, 4) is 5.75 Å². The Morgan fingerprint density at radius 2 is 1.71 bits per heavy atom. The molecule has 3 nitrogen and oxygen atoms in total. The molecule has 0 bridgehead atoms. The van der Waals surface area contributed by atoms with E-state index < -0.39 is 7.26 Å². The normalized spacial score (nSPS) is 17.0. The number of benzene rings is 1. The number of nitrogens with one attached hydrogen (secondary N) is 1. The number of carbonyl (C=O) groups excluding carboxylic acids is 1. The SMILES string of the molecule is COc1cc(C)c(NC(=O)C2([P+](C)(C)C)CCC2)c(C)c1. The third-order valence-corrected chi connectivity index (χ3v) is 8.09. The summed E-state index contributed by atoms with van der Waals surface area (Å²) in [6.45, 7) is 10.9. The fourth-order valence-corrected chi connectivity index (χ4v) is 5.51. The maximum absolute atomic E-state index is 12.9. The summed E-state index contributed by atoms with van der Waals surface area (Å²) >= 11 is 0. The summed E-state index contributed by atoms with van der Waals surface area (Å²) in [6.07, 6.45) is 3.24. The maximum atomic E-state index is 12.9. The molecule has 0 aromatic heterocycles. The molecule has 1 aromatic carbocycles. The molecule has 0 spiro atoms. The first-order valence-corrected chi connectivity index (χ1v) is 10.6. The Labute approximate surface area is 128 Å². The smallest absolute Gasteiger partial charge is 0.268 e. The number of methoxy groups -OCH3 is 1. The first kappa shape index (κ1) is 16.3. The van der Waals surface area contributed by atoms with E-state index in [4.69, 9.17) is 4.74 Å². The van der Waals surface area contributed by atoms with Crippen LogP contribution >= 0.6 is 7.26 Å². The van der Waals surface area contributed by atoms with Gasteiger partial charge in [0.15, 0.2) is 5.16 Å². The van der Waals surface area contributed by atoms with Crippen LogP contribution in [0.25, 0.3) is 0 Å². The van der Waals surface area contributed by atoms with E-state index in [1.54, 1.807) is 7.11 Å². The van der Waals surface area contributed by atoms with E-state index in [0.29, 0.717) is 0 Å². The van der Waals surface area contributed by atoms with E-state index >= 15 is 0 Å². The number of rotatable bonds is 4. The minimum atomic E-state index is -1.23. The van der Waals surface area contributed by atoms with Gasteiger partial charge in [0.05, 0.1) is 7.11 Å². The molecule has 0 heterocycles. The van der Waals surface area contributed by atoms with Gasteiger partial charge in [-0.05, 0) is 56.4 Å². The summed E-state index contributed by atoms with van der Waals surface area (Å²) < 4.78 is 5.28. The van der Waals surface area contributed by atoms with Crippen molar-refractivity contribution in [2.45, 2.75) is 38.3 Å². The molecule has 1 fully saturated rings. The number of ether oxygens (including phenoxy) is 1. The largest absolute Gasteiger partial charge is 0.497 e. The van der Waals surface area contributed by atoms with E-state index in [1.165, 1.54) is 6.42 Å². The average molecular weight is 308 g/mol. The Morgan fingerprint density at radius 3 is 2.05 bits per heavy atom. The van der Waals surface area contributed by atoms with Crippen LogP contribution in [0.5, 0.6) is 5.75 Å². The van der Waals surface area contributed by atoms with Crippen molar-refractivity contribution in [2.24, 2.45) is 0 Å². The van der Waals surface area contributed by atoms with E-state index in [1.807, 2.05) is 26.0 Å².